The molecule has 208 valence electrons. The zero-order chi connectivity index (χ0) is 27.9. The van der Waals surface area contributed by atoms with Gasteiger partial charge in [0.2, 0.25) is 23.5 Å². The zero-order valence-electron chi connectivity index (χ0n) is 23.0. The standard InChI is InChI=1S/C26H43N5O6/c1-7-8-18(20(33)15-32)28-23(35)19-11-16(2)13-31(19)24(36)22(26(3,4)5)29-25(37)27-12-21(34)30(6)14-17-9-10-17/h15-19,22H,7-14H2,1-6H3,(H,28,35)(H2,27,29,37)/t16-,18?,19?,22?/m1/s1. The van der Waals surface area contributed by atoms with E-state index in [9.17, 15) is 28.8 Å². The van der Waals surface area contributed by atoms with E-state index in [0.29, 0.717) is 38.3 Å². The van der Waals surface area contributed by atoms with E-state index in [1.54, 1.807) is 32.7 Å². The first-order valence-corrected chi connectivity index (χ1v) is 13.2. The number of amides is 5. The predicted octanol–water partition coefficient (Wildman–Crippen LogP) is 0.859. The summed E-state index contributed by atoms with van der Waals surface area (Å²) in [6.07, 6.45) is 3.74. The highest BCUT2D eigenvalue weighted by atomic mass is 16.2. The van der Waals surface area contributed by atoms with E-state index in [1.807, 2.05) is 13.8 Å². The lowest BCUT2D eigenvalue weighted by molar-refractivity contribution is -0.142. The third-order valence-corrected chi connectivity index (χ3v) is 6.89. The summed E-state index contributed by atoms with van der Waals surface area (Å²) in [7, 11) is 1.70. The number of carbonyl (C=O) groups excluding carboxylic acids is 6. The number of ketones is 1. The van der Waals surface area contributed by atoms with Crippen LogP contribution in [0.15, 0.2) is 0 Å². The largest absolute Gasteiger partial charge is 0.344 e. The maximum Gasteiger partial charge on any atom is 0.315 e. The van der Waals surface area contributed by atoms with Crippen LogP contribution in [0.3, 0.4) is 0 Å². The van der Waals surface area contributed by atoms with Gasteiger partial charge in [0.25, 0.3) is 0 Å². The molecule has 2 fully saturated rings. The molecule has 1 aliphatic carbocycles. The molecule has 1 saturated heterocycles. The third kappa shape index (κ3) is 8.82. The van der Waals surface area contributed by atoms with E-state index in [0.717, 1.165) is 12.8 Å². The van der Waals surface area contributed by atoms with Crippen LogP contribution in [0.1, 0.15) is 66.7 Å². The van der Waals surface area contributed by atoms with Gasteiger partial charge in [0.05, 0.1) is 12.6 Å². The number of hydrogen-bond acceptors (Lipinski definition) is 6. The Balaban J connectivity index is 2.07. The van der Waals surface area contributed by atoms with E-state index in [2.05, 4.69) is 16.0 Å². The van der Waals surface area contributed by atoms with Gasteiger partial charge in [0.15, 0.2) is 6.29 Å². The molecular formula is C26H43N5O6. The van der Waals surface area contributed by atoms with Crippen LogP contribution in [-0.2, 0) is 24.0 Å². The molecule has 0 aromatic carbocycles. The number of urea groups is 1. The van der Waals surface area contributed by atoms with E-state index >= 15 is 0 Å². The molecule has 2 aliphatic rings. The number of rotatable bonds is 12. The van der Waals surface area contributed by atoms with E-state index in [1.165, 1.54) is 4.90 Å². The minimum absolute atomic E-state index is 0.0279. The molecule has 3 N–H and O–H groups in total. The lowest BCUT2D eigenvalue weighted by Gasteiger charge is -2.35. The fourth-order valence-electron chi connectivity index (χ4n) is 4.54. The topological polar surface area (TPSA) is 145 Å². The average molecular weight is 522 g/mol. The van der Waals surface area contributed by atoms with Gasteiger partial charge in [0, 0.05) is 20.1 Å². The SMILES string of the molecule is CCCC(NC(=O)C1C[C@@H](C)CN1C(=O)C(NC(=O)NCC(=O)N(C)CC1CC1)C(C)(C)C)C(=O)C=O. The Morgan fingerprint density at radius 1 is 1.11 bits per heavy atom. The highest BCUT2D eigenvalue weighted by molar-refractivity contribution is 6.28. The molecule has 1 saturated carbocycles. The van der Waals surface area contributed by atoms with Crippen LogP contribution in [-0.4, -0.2) is 90.4 Å². The smallest absolute Gasteiger partial charge is 0.315 e. The summed E-state index contributed by atoms with van der Waals surface area (Å²) in [5.41, 5.74) is -0.688. The normalized spacial score (nSPS) is 21.0. The van der Waals surface area contributed by atoms with Crippen molar-refractivity contribution in [3.05, 3.63) is 0 Å². The monoisotopic (exact) mass is 521 g/mol. The van der Waals surface area contributed by atoms with Gasteiger partial charge in [-0.3, -0.25) is 24.0 Å². The number of Topliss-reactive ketones (excluding diaryl/α,β-unsaturated/α-hetero) is 1. The summed E-state index contributed by atoms with van der Waals surface area (Å²) in [5, 5.41) is 7.88. The molecular weight excluding hydrogens is 478 g/mol. The summed E-state index contributed by atoms with van der Waals surface area (Å²) in [5.74, 6) is -1.27. The molecule has 0 radical (unpaired) electrons. The number of likely N-dealkylation sites (tertiary alicyclic amines) is 1. The molecule has 1 aliphatic heterocycles. The van der Waals surface area contributed by atoms with Crippen molar-refractivity contribution in [2.24, 2.45) is 17.3 Å². The summed E-state index contributed by atoms with van der Waals surface area (Å²) in [6.45, 7) is 9.97. The Bertz CT molecular complexity index is 881. The van der Waals surface area contributed by atoms with Gasteiger partial charge in [-0.25, -0.2) is 4.79 Å². The molecule has 11 nitrogen and oxygen atoms in total. The Labute approximate surface area is 219 Å². The molecule has 0 aromatic heterocycles. The number of nitrogens with zero attached hydrogens (tertiary/aromatic N) is 2. The fourth-order valence-corrected chi connectivity index (χ4v) is 4.54. The molecule has 0 spiro atoms. The van der Waals surface area contributed by atoms with Crippen molar-refractivity contribution in [3.8, 4) is 0 Å². The Morgan fingerprint density at radius 2 is 1.76 bits per heavy atom. The molecule has 0 bridgehead atoms. The summed E-state index contributed by atoms with van der Waals surface area (Å²) in [6, 6.07) is -3.36. The van der Waals surface area contributed by atoms with E-state index < -0.39 is 47.2 Å². The van der Waals surface area contributed by atoms with Crippen molar-refractivity contribution < 1.29 is 28.8 Å². The number of carbonyl (C=O) groups is 6. The Kier molecular flexibility index (Phi) is 10.6. The number of aldehydes is 1. The molecule has 5 amide bonds. The van der Waals surface area contributed by atoms with Crippen LogP contribution >= 0.6 is 0 Å². The maximum atomic E-state index is 13.7. The van der Waals surface area contributed by atoms with E-state index in [-0.39, 0.29) is 24.7 Å². The molecule has 2 rings (SSSR count). The lowest BCUT2D eigenvalue weighted by atomic mass is 9.85. The Morgan fingerprint density at radius 3 is 2.30 bits per heavy atom. The molecule has 3 unspecified atom stereocenters. The predicted molar refractivity (Wildman–Crippen MR) is 137 cm³/mol. The van der Waals surface area contributed by atoms with Crippen LogP contribution in [0.25, 0.3) is 0 Å². The first-order chi connectivity index (χ1) is 17.3. The minimum Gasteiger partial charge on any atom is -0.344 e. The zero-order valence-corrected chi connectivity index (χ0v) is 23.0. The maximum absolute atomic E-state index is 13.7. The Hall–Kier alpha value is -2.98. The van der Waals surface area contributed by atoms with Crippen LogP contribution < -0.4 is 16.0 Å². The average Bonchev–Trinajstić information content (AvgIpc) is 3.56. The first-order valence-electron chi connectivity index (χ1n) is 13.2. The van der Waals surface area contributed by atoms with E-state index in [4.69, 9.17) is 0 Å². The second-order valence-corrected chi connectivity index (χ2v) is 11.6. The molecule has 4 atom stereocenters. The lowest BCUT2D eigenvalue weighted by Crippen LogP contribution is -2.60. The fraction of sp³-hybridized carbons (Fsp3) is 0.769. The van der Waals surface area contributed by atoms with Gasteiger partial charge in [-0.15, -0.1) is 0 Å². The molecule has 37 heavy (non-hydrogen) atoms. The summed E-state index contributed by atoms with van der Waals surface area (Å²) >= 11 is 0. The van der Waals surface area contributed by atoms with Gasteiger partial charge in [-0.1, -0.05) is 41.0 Å². The number of hydrogen-bond donors (Lipinski definition) is 3. The van der Waals surface area contributed by atoms with Crippen molar-refractivity contribution in [2.45, 2.75) is 84.8 Å². The number of likely N-dealkylation sites (N-methyl/N-ethyl adjacent to an activating group) is 1. The number of nitrogens with one attached hydrogen (secondary N) is 3. The first kappa shape index (κ1) is 30.2. The summed E-state index contributed by atoms with van der Waals surface area (Å²) < 4.78 is 0. The highest BCUT2D eigenvalue weighted by Crippen LogP contribution is 2.30. The van der Waals surface area contributed by atoms with Crippen molar-refractivity contribution in [1.29, 1.82) is 0 Å². The molecule has 1 heterocycles. The van der Waals surface area contributed by atoms with Gasteiger partial charge >= 0.3 is 6.03 Å². The van der Waals surface area contributed by atoms with Crippen LogP contribution in [0.5, 0.6) is 0 Å². The molecule has 11 heteroatoms. The molecule has 0 aromatic rings. The second kappa shape index (κ2) is 13.0. The van der Waals surface area contributed by atoms with Crippen LogP contribution in [0, 0.1) is 17.3 Å². The minimum atomic E-state index is -0.963. The van der Waals surface area contributed by atoms with Gasteiger partial charge in [-0.2, -0.15) is 0 Å². The summed E-state index contributed by atoms with van der Waals surface area (Å²) in [4.78, 5) is 77.8. The van der Waals surface area contributed by atoms with Gasteiger partial charge in [0.1, 0.15) is 12.1 Å². The van der Waals surface area contributed by atoms with Gasteiger partial charge in [-0.05, 0) is 42.9 Å². The third-order valence-electron chi connectivity index (χ3n) is 6.89. The quantitative estimate of drug-likeness (QED) is 0.257. The van der Waals surface area contributed by atoms with Crippen LogP contribution in [0.4, 0.5) is 4.79 Å². The van der Waals surface area contributed by atoms with Crippen LogP contribution in [0.2, 0.25) is 0 Å². The van der Waals surface area contributed by atoms with Gasteiger partial charge < -0.3 is 25.8 Å². The highest BCUT2D eigenvalue weighted by Gasteiger charge is 2.44. The van der Waals surface area contributed by atoms with Crippen molar-refractivity contribution in [2.75, 3.05) is 26.7 Å². The van der Waals surface area contributed by atoms with Crippen molar-refractivity contribution in [3.63, 3.8) is 0 Å². The van der Waals surface area contributed by atoms with Crippen molar-refractivity contribution in [1.82, 2.24) is 25.8 Å². The second-order valence-electron chi connectivity index (χ2n) is 11.6. The van der Waals surface area contributed by atoms with Crippen molar-refractivity contribution >= 4 is 35.8 Å².